The Balaban J connectivity index is 1.71. The van der Waals surface area contributed by atoms with Gasteiger partial charge in [-0.1, -0.05) is 0 Å². The Hall–Kier alpha value is -0.160. The van der Waals surface area contributed by atoms with Crippen molar-refractivity contribution < 1.29 is 0 Å². The van der Waals surface area contributed by atoms with Gasteiger partial charge in [-0.25, -0.2) is 0 Å². The summed E-state index contributed by atoms with van der Waals surface area (Å²) in [5.41, 5.74) is 0. The van der Waals surface area contributed by atoms with E-state index < -0.39 is 0 Å². The summed E-state index contributed by atoms with van der Waals surface area (Å²) in [6.07, 6.45) is 2.16. The summed E-state index contributed by atoms with van der Waals surface area (Å²) >= 11 is 0. The van der Waals surface area contributed by atoms with Crippen LogP contribution in [0.5, 0.6) is 0 Å². The van der Waals surface area contributed by atoms with Crippen molar-refractivity contribution in [3.05, 3.63) is 0 Å². The van der Waals surface area contributed by atoms with Gasteiger partial charge in [0, 0.05) is 32.6 Å². The Morgan fingerprint density at radius 3 is 1.45 bits per heavy atom. The molecule has 2 aliphatic rings. The number of hydrogen-bond donors (Lipinski definition) is 4. The summed E-state index contributed by atoms with van der Waals surface area (Å²) in [6.45, 7) is 4.43. The molecule has 0 radical (unpaired) electrons. The van der Waals surface area contributed by atoms with Crippen LogP contribution in [0, 0.1) is 0 Å². The predicted octanol–water partition coefficient (Wildman–Crippen LogP) is -1.59. The highest BCUT2D eigenvalue weighted by Crippen LogP contribution is 1.98. The van der Waals surface area contributed by atoms with Crippen molar-refractivity contribution >= 4 is 0 Å². The third kappa shape index (κ3) is 1.90. The van der Waals surface area contributed by atoms with Crippen molar-refractivity contribution in [2.75, 3.05) is 26.2 Å². The number of rotatable bonds is 2. The zero-order valence-electron chi connectivity index (χ0n) is 6.69. The van der Waals surface area contributed by atoms with Gasteiger partial charge in [-0.2, -0.15) is 0 Å². The molecule has 0 unspecified atom stereocenters. The number of nitrogens with one attached hydrogen (secondary N) is 4. The summed E-state index contributed by atoms with van der Waals surface area (Å²) < 4.78 is 0. The van der Waals surface area contributed by atoms with E-state index in [0.29, 0.717) is 12.3 Å². The molecule has 4 heteroatoms. The quantitative estimate of drug-likeness (QED) is 0.389. The van der Waals surface area contributed by atoms with Gasteiger partial charge in [0.25, 0.3) is 0 Å². The Morgan fingerprint density at radius 1 is 0.727 bits per heavy atom. The van der Waals surface area contributed by atoms with Gasteiger partial charge >= 0.3 is 0 Å². The molecule has 2 aliphatic heterocycles. The smallest absolute Gasteiger partial charge is 0.0600 e. The highest BCUT2D eigenvalue weighted by atomic mass is 15.2. The first-order valence-electron chi connectivity index (χ1n) is 4.39. The molecule has 0 aromatic carbocycles. The van der Waals surface area contributed by atoms with Crippen LogP contribution in [0.3, 0.4) is 0 Å². The first kappa shape index (κ1) is 7.49. The van der Waals surface area contributed by atoms with Crippen LogP contribution in [0.15, 0.2) is 0 Å². The van der Waals surface area contributed by atoms with Crippen molar-refractivity contribution in [1.29, 1.82) is 0 Å². The van der Waals surface area contributed by atoms with Crippen molar-refractivity contribution in [3.8, 4) is 0 Å². The first-order valence-corrected chi connectivity index (χ1v) is 4.39. The molecule has 2 heterocycles. The lowest BCUT2D eigenvalue weighted by Crippen LogP contribution is -2.42. The van der Waals surface area contributed by atoms with Gasteiger partial charge in [0.1, 0.15) is 0 Å². The molecule has 0 bridgehead atoms. The second-order valence-corrected chi connectivity index (χ2v) is 3.16. The van der Waals surface area contributed by atoms with E-state index in [-0.39, 0.29) is 0 Å². The minimum atomic E-state index is 0.512. The summed E-state index contributed by atoms with van der Waals surface area (Å²) in [6, 6.07) is 0. The molecule has 11 heavy (non-hydrogen) atoms. The van der Waals surface area contributed by atoms with Crippen LogP contribution in [0.1, 0.15) is 6.42 Å². The van der Waals surface area contributed by atoms with Crippen LogP contribution in [0.2, 0.25) is 0 Å². The maximum absolute atomic E-state index is 3.39. The standard InChI is InChI=1S/C7H16N4/c1-2-9-6(8-1)5-7-10-3-4-11-7/h6-11H,1-5H2. The van der Waals surface area contributed by atoms with E-state index in [1.165, 1.54) is 0 Å². The molecule has 0 aromatic rings. The summed E-state index contributed by atoms with van der Waals surface area (Å²) in [5.74, 6) is 0. The maximum Gasteiger partial charge on any atom is 0.0600 e. The van der Waals surface area contributed by atoms with E-state index >= 15 is 0 Å². The fourth-order valence-electron chi connectivity index (χ4n) is 1.70. The minimum absolute atomic E-state index is 0.512. The lowest BCUT2D eigenvalue weighted by molar-refractivity contribution is 0.411. The second kappa shape index (κ2) is 3.49. The lowest BCUT2D eigenvalue weighted by atomic mass is 10.3. The summed E-state index contributed by atoms with van der Waals surface area (Å²) in [7, 11) is 0. The van der Waals surface area contributed by atoms with E-state index in [9.17, 15) is 0 Å². The van der Waals surface area contributed by atoms with E-state index in [0.717, 1.165) is 32.6 Å². The monoisotopic (exact) mass is 156 g/mol. The molecule has 0 atom stereocenters. The van der Waals surface area contributed by atoms with Gasteiger partial charge in [0.2, 0.25) is 0 Å². The second-order valence-electron chi connectivity index (χ2n) is 3.16. The summed E-state index contributed by atoms with van der Waals surface area (Å²) in [5, 5.41) is 13.6. The van der Waals surface area contributed by atoms with Crippen molar-refractivity contribution in [3.63, 3.8) is 0 Å². The molecule has 4 nitrogen and oxygen atoms in total. The topological polar surface area (TPSA) is 48.1 Å². The van der Waals surface area contributed by atoms with Crippen molar-refractivity contribution in [2.24, 2.45) is 0 Å². The molecule has 2 fully saturated rings. The molecule has 0 aliphatic carbocycles. The molecular formula is C7H16N4. The van der Waals surface area contributed by atoms with E-state index in [4.69, 9.17) is 0 Å². The lowest BCUT2D eigenvalue weighted by Gasteiger charge is -2.16. The van der Waals surface area contributed by atoms with E-state index in [1.807, 2.05) is 0 Å². The largest absolute Gasteiger partial charge is 0.301 e. The fraction of sp³-hybridized carbons (Fsp3) is 1.00. The van der Waals surface area contributed by atoms with E-state index in [1.54, 1.807) is 0 Å². The third-order valence-electron chi connectivity index (χ3n) is 2.28. The molecule has 0 aromatic heterocycles. The number of hydrogen-bond acceptors (Lipinski definition) is 4. The Morgan fingerprint density at radius 2 is 1.09 bits per heavy atom. The van der Waals surface area contributed by atoms with Crippen LogP contribution in [-0.2, 0) is 0 Å². The van der Waals surface area contributed by atoms with Gasteiger partial charge in [0.05, 0.1) is 12.3 Å². The zero-order valence-corrected chi connectivity index (χ0v) is 6.69. The highest BCUT2D eigenvalue weighted by Gasteiger charge is 2.20. The van der Waals surface area contributed by atoms with E-state index in [2.05, 4.69) is 21.3 Å². The van der Waals surface area contributed by atoms with Gasteiger partial charge in [-0.15, -0.1) is 0 Å². The maximum atomic E-state index is 3.39. The molecule has 0 saturated carbocycles. The van der Waals surface area contributed by atoms with Crippen LogP contribution in [0.4, 0.5) is 0 Å². The molecule has 0 amide bonds. The third-order valence-corrected chi connectivity index (χ3v) is 2.28. The SMILES string of the molecule is C1CNC(CC2NCCN2)N1. The molecule has 2 saturated heterocycles. The normalized spacial score (nSPS) is 28.4. The van der Waals surface area contributed by atoms with Crippen LogP contribution in [-0.4, -0.2) is 38.5 Å². The van der Waals surface area contributed by atoms with Crippen LogP contribution >= 0.6 is 0 Å². The molecular weight excluding hydrogens is 140 g/mol. The molecule has 64 valence electrons. The first-order chi connectivity index (χ1) is 5.45. The minimum Gasteiger partial charge on any atom is -0.301 e. The molecule has 0 spiro atoms. The van der Waals surface area contributed by atoms with Gasteiger partial charge in [-0.05, 0) is 0 Å². The highest BCUT2D eigenvalue weighted by molar-refractivity contribution is 4.81. The van der Waals surface area contributed by atoms with Gasteiger partial charge in [-0.3, -0.25) is 0 Å². The van der Waals surface area contributed by atoms with Gasteiger partial charge in [0.15, 0.2) is 0 Å². The van der Waals surface area contributed by atoms with Crippen LogP contribution in [0.25, 0.3) is 0 Å². The summed E-state index contributed by atoms with van der Waals surface area (Å²) in [4.78, 5) is 0. The Kier molecular flexibility index (Phi) is 2.38. The Bertz CT molecular complexity index is 102. The fourth-order valence-corrected chi connectivity index (χ4v) is 1.70. The Labute approximate surface area is 67.1 Å². The average molecular weight is 156 g/mol. The average Bonchev–Trinajstić information content (AvgIpc) is 2.60. The van der Waals surface area contributed by atoms with Crippen molar-refractivity contribution in [2.45, 2.75) is 18.8 Å². The van der Waals surface area contributed by atoms with Gasteiger partial charge < -0.3 is 21.3 Å². The molecule has 4 N–H and O–H groups in total. The molecule has 2 rings (SSSR count). The zero-order chi connectivity index (χ0) is 7.52. The predicted molar refractivity (Wildman–Crippen MR) is 44.2 cm³/mol. The van der Waals surface area contributed by atoms with Crippen LogP contribution < -0.4 is 21.3 Å². The van der Waals surface area contributed by atoms with Crippen molar-refractivity contribution in [1.82, 2.24) is 21.3 Å².